The van der Waals surface area contributed by atoms with Crippen molar-refractivity contribution in [2.75, 3.05) is 31.6 Å². The molecule has 0 spiro atoms. The molecule has 2 heterocycles. The predicted molar refractivity (Wildman–Crippen MR) is 90.0 cm³/mol. The zero-order valence-corrected chi connectivity index (χ0v) is 13.7. The van der Waals surface area contributed by atoms with Gasteiger partial charge in [-0.2, -0.15) is 0 Å². The summed E-state index contributed by atoms with van der Waals surface area (Å²) in [5.41, 5.74) is 4.26. The highest BCUT2D eigenvalue weighted by Gasteiger charge is 2.34. The Hall–Kier alpha value is -1.06. The molecule has 0 amide bonds. The fraction of sp³-hybridized carbons (Fsp3) is 0.667. The zero-order valence-electron chi connectivity index (χ0n) is 13.7. The van der Waals surface area contributed by atoms with Gasteiger partial charge < -0.3 is 10.2 Å². The topological polar surface area (TPSA) is 18.5 Å². The fourth-order valence-corrected chi connectivity index (χ4v) is 3.95. The second-order valence-corrected chi connectivity index (χ2v) is 6.70. The highest BCUT2D eigenvalue weighted by molar-refractivity contribution is 5.55. The average Bonchev–Trinajstić information content (AvgIpc) is 2.71. The van der Waals surface area contributed by atoms with E-state index in [1.807, 2.05) is 0 Å². The fourth-order valence-electron chi connectivity index (χ4n) is 3.95. The summed E-state index contributed by atoms with van der Waals surface area (Å²) in [6, 6.07) is 8.50. The standard InChI is InChI=1S/C18H29N3/c1-4-19-12-15-11-14(2)5-8-18(15)21-10-9-16-6-7-17(13-21)20(16)3/h5,8,11,16-17,19H,4,6-7,9-10,12-13H2,1-3H3. The van der Waals surface area contributed by atoms with E-state index in [1.165, 1.54) is 49.2 Å². The van der Waals surface area contributed by atoms with E-state index in [1.54, 1.807) is 0 Å². The molecular weight excluding hydrogens is 258 g/mol. The van der Waals surface area contributed by atoms with Gasteiger partial charge in [0.15, 0.2) is 0 Å². The summed E-state index contributed by atoms with van der Waals surface area (Å²) in [5.74, 6) is 0. The monoisotopic (exact) mass is 287 g/mol. The smallest absolute Gasteiger partial charge is 0.0412 e. The summed E-state index contributed by atoms with van der Waals surface area (Å²) in [6.07, 6.45) is 4.07. The highest BCUT2D eigenvalue weighted by Crippen LogP contribution is 2.32. The first-order chi connectivity index (χ1) is 10.2. The Labute approximate surface area is 129 Å². The van der Waals surface area contributed by atoms with E-state index in [9.17, 15) is 0 Å². The summed E-state index contributed by atoms with van der Waals surface area (Å²) >= 11 is 0. The van der Waals surface area contributed by atoms with Gasteiger partial charge in [0.1, 0.15) is 0 Å². The van der Waals surface area contributed by atoms with Crippen LogP contribution in [0.2, 0.25) is 0 Å². The van der Waals surface area contributed by atoms with Gasteiger partial charge in [-0.25, -0.2) is 0 Å². The van der Waals surface area contributed by atoms with Gasteiger partial charge in [-0.3, -0.25) is 4.90 Å². The van der Waals surface area contributed by atoms with Gasteiger partial charge in [0.05, 0.1) is 0 Å². The molecule has 2 saturated heterocycles. The van der Waals surface area contributed by atoms with Crippen LogP contribution in [0, 0.1) is 6.92 Å². The first-order valence-electron chi connectivity index (χ1n) is 8.46. The number of anilines is 1. The molecule has 0 radical (unpaired) electrons. The maximum atomic E-state index is 3.49. The highest BCUT2D eigenvalue weighted by atomic mass is 15.3. The number of hydrogen-bond acceptors (Lipinski definition) is 3. The third kappa shape index (κ3) is 3.09. The molecule has 1 N–H and O–H groups in total. The lowest BCUT2D eigenvalue weighted by Crippen LogP contribution is -2.37. The molecule has 2 aliphatic heterocycles. The molecule has 0 saturated carbocycles. The quantitative estimate of drug-likeness (QED) is 0.918. The van der Waals surface area contributed by atoms with Crippen LogP contribution in [0.5, 0.6) is 0 Å². The van der Waals surface area contributed by atoms with Crippen molar-refractivity contribution < 1.29 is 0 Å². The second kappa shape index (κ2) is 6.37. The summed E-state index contributed by atoms with van der Waals surface area (Å²) in [6.45, 7) is 8.77. The van der Waals surface area contributed by atoms with E-state index in [4.69, 9.17) is 0 Å². The summed E-state index contributed by atoms with van der Waals surface area (Å²) in [5, 5.41) is 3.49. The van der Waals surface area contributed by atoms with Crippen LogP contribution in [0.4, 0.5) is 5.69 Å². The molecule has 2 atom stereocenters. The molecule has 2 aliphatic rings. The Kier molecular flexibility index (Phi) is 4.51. The van der Waals surface area contributed by atoms with Crippen LogP contribution in [-0.4, -0.2) is 43.7 Å². The second-order valence-electron chi connectivity index (χ2n) is 6.70. The average molecular weight is 287 g/mol. The Morgan fingerprint density at radius 3 is 2.81 bits per heavy atom. The van der Waals surface area contributed by atoms with Gasteiger partial charge in [0.2, 0.25) is 0 Å². The number of likely N-dealkylation sites (N-methyl/N-ethyl adjacent to an activating group) is 1. The van der Waals surface area contributed by atoms with Gasteiger partial charge in [0, 0.05) is 37.4 Å². The lowest BCUT2D eigenvalue weighted by atomic mass is 10.0. The maximum Gasteiger partial charge on any atom is 0.0412 e. The van der Waals surface area contributed by atoms with Crippen molar-refractivity contribution in [3.63, 3.8) is 0 Å². The summed E-state index contributed by atoms with van der Waals surface area (Å²) < 4.78 is 0. The minimum atomic E-state index is 0.741. The normalized spacial score (nSPS) is 26.1. The number of rotatable bonds is 4. The van der Waals surface area contributed by atoms with Gasteiger partial charge in [-0.15, -0.1) is 0 Å². The van der Waals surface area contributed by atoms with E-state index >= 15 is 0 Å². The van der Waals surface area contributed by atoms with Crippen LogP contribution < -0.4 is 10.2 Å². The number of nitrogens with zero attached hydrogens (tertiary/aromatic N) is 2. The van der Waals surface area contributed by atoms with Crippen molar-refractivity contribution in [3.8, 4) is 0 Å². The third-order valence-corrected chi connectivity index (χ3v) is 5.29. The number of hydrogen-bond donors (Lipinski definition) is 1. The molecule has 21 heavy (non-hydrogen) atoms. The molecule has 1 aromatic rings. The van der Waals surface area contributed by atoms with Crippen LogP contribution in [0.1, 0.15) is 37.3 Å². The first kappa shape index (κ1) is 14.9. The Bertz CT molecular complexity index is 485. The van der Waals surface area contributed by atoms with Crippen molar-refractivity contribution in [3.05, 3.63) is 29.3 Å². The van der Waals surface area contributed by atoms with E-state index in [2.05, 4.69) is 54.2 Å². The lowest BCUT2D eigenvalue weighted by molar-refractivity contribution is 0.254. The number of fused-ring (bicyclic) bond motifs is 2. The minimum Gasteiger partial charge on any atom is -0.370 e. The SMILES string of the molecule is CCNCc1cc(C)ccc1N1CCC2CCC(C1)N2C. The molecule has 116 valence electrons. The minimum absolute atomic E-state index is 0.741. The van der Waals surface area contributed by atoms with Crippen molar-refractivity contribution >= 4 is 5.69 Å². The van der Waals surface area contributed by atoms with E-state index in [-0.39, 0.29) is 0 Å². The molecular formula is C18H29N3. The Morgan fingerprint density at radius 1 is 1.19 bits per heavy atom. The van der Waals surface area contributed by atoms with Crippen LogP contribution in [0.15, 0.2) is 18.2 Å². The van der Waals surface area contributed by atoms with E-state index in [0.717, 1.165) is 25.2 Å². The first-order valence-corrected chi connectivity index (χ1v) is 8.46. The Balaban J connectivity index is 1.82. The van der Waals surface area contributed by atoms with Gasteiger partial charge >= 0.3 is 0 Å². The van der Waals surface area contributed by atoms with Gasteiger partial charge in [-0.05, 0) is 51.4 Å². The molecule has 0 aliphatic carbocycles. The van der Waals surface area contributed by atoms with Crippen molar-refractivity contribution in [1.29, 1.82) is 0 Å². The molecule has 0 aromatic heterocycles. The van der Waals surface area contributed by atoms with E-state index < -0.39 is 0 Å². The Morgan fingerprint density at radius 2 is 2.00 bits per heavy atom. The summed E-state index contributed by atoms with van der Waals surface area (Å²) in [7, 11) is 2.32. The lowest BCUT2D eigenvalue weighted by Gasteiger charge is -2.29. The van der Waals surface area contributed by atoms with Crippen LogP contribution in [0.3, 0.4) is 0 Å². The van der Waals surface area contributed by atoms with E-state index in [0.29, 0.717) is 0 Å². The maximum absolute atomic E-state index is 3.49. The molecule has 3 heteroatoms. The van der Waals surface area contributed by atoms with Crippen molar-refractivity contribution in [2.45, 2.75) is 51.7 Å². The third-order valence-electron chi connectivity index (χ3n) is 5.29. The molecule has 1 aromatic carbocycles. The largest absolute Gasteiger partial charge is 0.370 e. The molecule has 2 bridgehead atoms. The molecule has 3 nitrogen and oxygen atoms in total. The van der Waals surface area contributed by atoms with Crippen molar-refractivity contribution in [2.24, 2.45) is 0 Å². The predicted octanol–water partition coefficient (Wildman–Crippen LogP) is 2.78. The number of aryl methyl sites for hydroxylation is 1. The van der Waals surface area contributed by atoms with Crippen LogP contribution in [0.25, 0.3) is 0 Å². The number of benzene rings is 1. The molecule has 2 fully saturated rings. The zero-order chi connectivity index (χ0) is 14.8. The number of nitrogens with one attached hydrogen (secondary N) is 1. The van der Waals surface area contributed by atoms with Crippen LogP contribution in [-0.2, 0) is 6.54 Å². The van der Waals surface area contributed by atoms with Crippen molar-refractivity contribution in [1.82, 2.24) is 10.2 Å². The summed E-state index contributed by atoms with van der Waals surface area (Å²) in [4.78, 5) is 5.25. The molecule has 3 rings (SSSR count). The molecule has 2 unspecified atom stereocenters. The van der Waals surface area contributed by atoms with Crippen LogP contribution >= 0.6 is 0 Å². The van der Waals surface area contributed by atoms with Gasteiger partial charge in [0.25, 0.3) is 0 Å². The van der Waals surface area contributed by atoms with Gasteiger partial charge in [-0.1, -0.05) is 24.6 Å².